The molecule has 1 aliphatic carbocycles. The van der Waals surface area contributed by atoms with E-state index in [4.69, 9.17) is 0 Å². The lowest BCUT2D eigenvalue weighted by Gasteiger charge is -2.30. The van der Waals surface area contributed by atoms with E-state index in [1.165, 1.54) is 11.3 Å². The number of fused-ring (bicyclic) bond motifs is 1. The molecule has 1 aromatic carbocycles. The molecule has 9 heteroatoms. The summed E-state index contributed by atoms with van der Waals surface area (Å²) in [6, 6.07) is 5.20. The van der Waals surface area contributed by atoms with Gasteiger partial charge in [-0.25, -0.2) is 18.7 Å². The van der Waals surface area contributed by atoms with E-state index in [9.17, 15) is 13.6 Å². The molecule has 0 atom stereocenters. The summed E-state index contributed by atoms with van der Waals surface area (Å²) in [6.07, 6.45) is 4.87. The molecule has 3 aromatic rings. The van der Waals surface area contributed by atoms with Crippen molar-refractivity contribution in [3.63, 3.8) is 0 Å². The quantitative estimate of drug-likeness (QED) is 0.564. The molecule has 164 valence electrons. The first-order valence-corrected chi connectivity index (χ1v) is 11.3. The molecule has 1 N–H and O–H groups in total. The van der Waals surface area contributed by atoms with Crippen LogP contribution in [0.3, 0.4) is 0 Å². The van der Waals surface area contributed by atoms with Gasteiger partial charge in [0.25, 0.3) is 0 Å². The number of hydrogen-bond acceptors (Lipinski definition) is 7. The average Bonchev–Trinajstić information content (AvgIpc) is 3.23. The van der Waals surface area contributed by atoms with Crippen LogP contribution in [0.2, 0.25) is 0 Å². The molecule has 0 amide bonds. The Morgan fingerprint density at radius 2 is 1.97 bits per heavy atom. The van der Waals surface area contributed by atoms with E-state index < -0.39 is 19.4 Å². The van der Waals surface area contributed by atoms with Gasteiger partial charge in [-0.05, 0) is 38.7 Å². The molecule has 2 aromatic heterocycles. The van der Waals surface area contributed by atoms with E-state index in [-0.39, 0.29) is 24.2 Å². The van der Waals surface area contributed by atoms with E-state index in [0.717, 1.165) is 52.2 Å². The maximum Gasteiger partial charge on any atom is 0.147 e. The van der Waals surface area contributed by atoms with Crippen LogP contribution in [0.5, 0.6) is 0 Å². The molecule has 0 radical (unpaired) electrons. The third-order valence-electron chi connectivity index (χ3n) is 5.76. The lowest BCUT2D eigenvalue weighted by atomic mass is 9.82. The van der Waals surface area contributed by atoms with Gasteiger partial charge in [0.2, 0.25) is 0 Å². The fourth-order valence-electron chi connectivity index (χ4n) is 4.04. The molecule has 0 saturated heterocycles. The third-order valence-corrected chi connectivity index (χ3v) is 6.65. The van der Waals surface area contributed by atoms with Crippen molar-refractivity contribution in [2.24, 2.45) is 5.92 Å². The summed E-state index contributed by atoms with van der Waals surface area (Å²) in [5.74, 6) is 0.585. The minimum absolute atomic E-state index is 0.0535. The highest BCUT2D eigenvalue weighted by Gasteiger charge is 2.28. The first-order chi connectivity index (χ1) is 15.1. The van der Waals surface area contributed by atoms with Gasteiger partial charge in [0.1, 0.15) is 35.0 Å². The van der Waals surface area contributed by atoms with Crippen molar-refractivity contribution < 1.29 is 13.6 Å². The van der Waals surface area contributed by atoms with Crippen molar-refractivity contribution >= 4 is 28.0 Å². The largest absolute Gasteiger partial charge is 0.306 e. The first-order valence-electron chi connectivity index (χ1n) is 10.5. The number of carbonyl (C=O) groups is 1. The van der Waals surface area contributed by atoms with Crippen LogP contribution in [0.15, 0.2) is 24.4 Å². The molecule has 31 heavy (non-hydrogen) atoms. The number of aryl methyl sites for hydroxylation is 1. The van der Waals surface area contributed by atoms with Crippen LogP contribution in [-0.2, 0) is 11.2 Å². The highest BCUT2D eigenvalue weighted by atomic mass is 32.1. The van der Waals surface area contributed by atoms with Gasteiger partial charge in [0.15, 0.2) is 0 Å². The number of alkyl halides is 2. The van der Waals surface area contributed by atoms with E-state index >= 15 is 0 Å². The summed E-state index contributed by atoms with van der Waals surface area (Å²) in [7, 11) is 0. The van der Waals surface area contributed by atoms with Gasteiger partial charge in [-0.3, -0.25) is 4.79 Å². The number of halogens is 2. The van der Waals surface area contributed by atoms with E-state index in [1.54, 1.807) is 6.20 Å². The fourth-order valence-corrected chi connectivity index (χ4v) is 4.73. The zero-order valence-corrected chi connectivity index (χ0v) is 18.2. The summed E-state index contributed by atoms with van der Waals surface area (Å²) in [5, 5.41) is 13.9. The Morgan fingerprint density at radius 1 is 1.19 bits per heavy atom. The number of hydrogen-bond donors (Lipinski definition) is 1. The Hall–Kier alpha value is -2.39. The van der Waals surface area contributed by atoms with Crippen molar-refractivity contribution in [1.82, 2.24) is 25.5 Å². The highest BCUT2D eigenvalue weighted by Crippen LogP contribution is 2.28. The van der Waals surface area contributed by atoms with Crippen LogP contribution < -0.4 is 5.32 Å². The normalized spacial score (nSPS) is 19.2. The highest BCUT2D eigenvalue weighted by molar-refractivity contribution is 7.14. The number of nitrogens with one attached hydrogen (secondary N) is 1. The van der Waals surface area contributed by atoms with Crippen LogP contribution in [0.25, 0.3) is 21.5 Å². The van der Waals surface area contributed by atoms with Crippen LogP contribution in [-0.4, -0.2) is 51.4 Å². The molecular formula is C22H25F2N5OS. The van der Waals surface area contributed by atoms with Crippen molar-refractivity contribution in [3.8, 4) is 10.6 Å². The van der Waals surface area contributed by atoms with Gasteiger partial charge >= 0.3 is 0 Å². The molecule has 1 fully saturated rings. The van der Waals surface area contributed by atoms with Crippen molar-refractivity contribution in [3.05, 3.63) is 35.2 Å². The minimum Gasteiger partial charge on any atom is -0.306 e. The Kier molecular flexibility index (Phi) is 6.92. The molecule has 1 aliphatic rings. The predicted octanol–water partition coefficient (Wildman–Crippen LogP) is 4.02. The maximum atomic E-state index is 12.8. The zero-order chi connectivity index (χ0) is 21.8. The number of ketones is 1. The van der Waals surface area contributed by atoms with Crippen LogP contribution >= 0.6 is 11.3 Å². The monoisotopic (exact) mass is 445 g/mol. The van der Waals surface area contributed by atoms with Crippen LogP contribution in [0.4, 0.5) is 8.78 Å². The number of benzene rings is 1. The molecule has 0 spiro atoms. The molecule has 0 aliphatic heterocycles. The molecule has 1 saturated carbocycles. The topological polar surface area (TPSA) is 80.7 Å². The minimum atomic E-state index is -0.739. The SMILES string of the molecule is Cc1nnc(-c2ccc3cnc(CC(=O)C4CCC(NC(CF)CF)CC4)nc3c2)s1. The van der Waals surface area contributed by atoms with Gasteiger partial charge in [0.05, 0.1) is 18.0 Å². The second kappa shape index (κ2) is 9.82. The average molecular weight is 446 g/mol. The lowest BCUT2D eigenvalue weighted by molar-refractivity contribution is -0.123. The van der Waals surface area contributed by atoms with E-state index in [2.05, 4.69) is 25.5 Å². The summed E-state index contributed by atoms with van der Waals surface area (Å²) in [4.78, 5) is 21.8. The molecule has 0 unspecified atom stereocenters. The van der Waals surface area contributed by atoms with Gasteiger partial charge in [-0.15, -0.1) is 10.2 Å². The number of nitrogens with zero attached hydrogens (tertiary/aromatic N) is 4. The van der Waals surface area contributed by atoms with Gasteiger partial charge in [-0.1, -0.05) is 23.5 Å². The molecular weight excluding hydrogens is 420 g/mol. The predicted molar refractivity (Wildman–Crippen MR) is 117 cm³/mol. The summed E-state index contributed by atoms with van der Waals surface area (Å²) >= 11 is 1.52. The summed E-state index contributed by atoms with van der Waals surface area (Å²) in [5.41, 5.74) is 1.72. The van der Waals surface area contributed by atoms with Crippen LogP contribution in [0, 0.1) is 12.8 Å². The van der Waals surface area contributed by atoms with E-state index in [0.29, 0.717) is 5.82 Å². The Balaban J connectivity index is 1.39. The second-order valence-electron chi connectivity index (χ2n) is 8.05. The fraction of sp³-hybridized carbons (Fsp3) is 0.500. The Morgan fingerprint density at radius 3 is 2.65 bits per heavy atom. The first kappa shape index (κ1) is 21.8. The van der Waals surface area contributed by atoms with Crippen molar-refractivity contribution in [1.29, 1.82) is 0 Å². The zero-order valence-electron chi connectivity index (χ0n) is 17.4. The lowest BCUT2D eigenvalue weighted by Crippen LogP contribution is -2.43. The van der Waals surface area contributed by atoms with Crippen LogP contribution in [0.1, 0.15) is 36.5 Å². The second-order valence-corrected chi connectivity index (χ2v) is 9.23. The number of aromatic nitrogens is 4. The van der Waals surface area contributed by atoms with Gasteiger partial charge in [-0.2, -0.15) is 0 Å². The van der Waals surface area contributed by atoms with Gasteiger partial charge in [0, 0.05) is 29.1 Å². The smallest absolute Gasteiger partial charge is 0.147 e. The maximum absolute atomic E-state index is 12.8. The Labute approximate surface area is 183 Å². The Bertz CT molecular complexity index is 1050. The number of carbonyl (C=O) groups excluding carboxylic acids is 1. The molecule has 2 heterocycles. The molecule has 4 rings (SSSR count). The summed E-state index contributed by atoms with van der Waals surface area (Å²) < 4.78 is 25.4. The van der Waals surface area contributed by atoms with E-state index in [1.807, 2.05) is 25.1 Å². The number of Topliss-reactive ketones (excluding diaryl/α,β-unsaturated/α-hetero) is 1. The van der Waals surface area contributed by atoms with Crippen molar-refractivity contribution in [2.45, 2.75) is 51.1 Å². The van der Waals surface area contributed by atoms with Gasteiger partial charge < -0.3 is 5.32 Å². The standard InChI is InChI=1S/C22H25F2N5OS/c1-13-28-29-22(31-13)15-2-3-16-12-25-21(27-19(16)8-15)9-20(30)14-4-6-17(7-5-14)26-18(10-23)11-24/h2-3,8,12,14,17-18,26H,4-7,9-11H2,1H3. The number of rotatable bonds is 8. The summed E-state index contributed by atoms with van der Waals surface area (Å²) in [6.45, 7) is 0.488. The molecule has 0 bridgehead atoms. The van der Waals surface area contributed by atoms with Crippen molar-refractivity contribution in [2.75, 3.05) is 13.3 Å². The molecule has 6 nitrogen and oxygen atoms in total. The third kappa shape index (κ3) is 5.27.